The molecule has 0 aliphatic rings. The highest BCUT2D eigenvalue weighted by atomic mass is 79.9. The lowest BCUT2D eigenvalue weighted by atomic mass is 10.2. The van der Waals surface area contributed by atoms with Crippen LogP contribution in [0.2, 0.25) is 0 Å². The highest BCUT2D eigenvalue weighted by Crippen LogP contribution is 2.37. The third-order valence-corrected chi connectivity index (χ3v) is 3.76. The molecule has 1 rings (SSSR count). The van der Waals surface area contributed by atoms with Gasteiger partial charge in [0, 0.05) is 5.56 Å². The Morgan fingerprint density at radius 2 is 1.61 bits per heavy atom. The molecule has 0 aliphatic carbocycles. The lowest BCUT2D eigenvalue weighted by Crippen LogP contribution is -2.28. The topological polar surface area (TPSA) is 60.4 Å². The first-order valence-corrected chi connectivity index (χ1v) is 7.03. The smallest absolute Gasteiger partial charge is 0.374 e. The molecular weight excluding hydrogens is 409 g/mol. The summed E-state index contributed by atoms with van der Waals surface area (Å²) in [6, 6.07) is 2.25. The van der Waals surface area contributed by atoms with E-state index in [2.05, 4.69) is 36.0 Å². The molecule has 0 heterocycles. The monoisotopic (exact) mass is 410 g/mol. The van der Waals surface area contributed by atoms with Gasteiger partial charge in [-0.3, -0.25) is 4.79 Å². The van der Waals surface area contributed by atoms with Crippen LogP contribution in [0.5, 0.6) is 5.75 Å². The Bertz CT molecular complexity index is 559. The molecule has 0 amide bonds. The lowest BCUT2D eigenvalue weighted by Gasteiger charge is -2.12. The first-order chi connectivity index (χ1) is 8.08. The number of aldehydes is 1. The molecule has 0 fully saturated rings. The van der Waals surface area contributed by atoms with Gasteiger partial charge < -0.3 is 4.18 Å². The molecule has 100 valence electrons. The summed E-state index contributed by atoms with van der Waals surface area (Å²) in [5.74, 6) is -0.585. The van der Waals surface area contributed by atoms with Crippen molar-refractivity contribution in [3.63, 3.8) is 0 Å². The van der Waals surface area contributed by atoms with Crippen LogP contribution in [-0.2, 0) is 10.1 Å². The molecule has 0 N–H and O–H groups in total. The highest BCUT2D eigenvalue weighted by Gasteiger charge is 2.49. The largest absolute Gasteiger partial charge is 0.534 e. The number of hydrogen-bond donors (Lipinski definition) is 0. The third kappa shape index (κ3) is 3.23. The molecule has 10 heteroatoms. The zero-order valence-corrected chi connectivity index (χ0v) is 12.2. The summed E-state index contributed by atoms with van der Waals surface area (Å²) in [7, 11) is -5.76. The van der Waals surface area contributed by atoms with Gasteiger partial charge >= 0.3 is 15.6 Å². The van der Waals surface area contributed by atoms with E-state index in [9.17, 15) is 26.4 Å². The Morgan fingerprint density at radius 3 is 1.94 bits per heavy atom. The van der Waals surface area contributed by atoms with Gasteiger partial charge in [-0.25, -0.2) is 0 Å². The number of hydrogen-bond acceptors (Lipinski definition) is 4. The van der Waals surface area contributed by atoms with Gasteiger partial charge in [-0.1, -0.05) is 0 Å². The number of rotatable bonds is 3. The number of halogens is 5. The fourth-order valence-corrected chi connectivity index (χ4v) is 2.98. The normalized spacial score (nSPS) is 12.3. The van der Waals surface area contributed by atoms with Crippen molar-refractivity contribution < 1.29 is 30.6 Å². The summed E-state index contributed by atoms with van der Waals surface area (Å²) in [6.07, 6.45) is 0.442. The molecule has 4 nitrogen and oxygen atoms in total. The molecular formula is C8H3Br2F3O4S. The van der Waals surface area contributed by atoms with Crippen LogP contribution in [0.1, 0.15) is 10.4 Å². The van der Waals surface area contributed by atoms with E-state index in [0.717, 1.165) is 12.1 Å². The van der Waals surface area contributed by atoms with Crippen LogP contribution in [0, 0.1) is 0 Å². The molecule has 1 aromatic carbocycles. The molecule has 0 bridgehead atoms. The van der Waals surface area contributed by atoms with Crippen LogP contribution < -0.4 is 4.18 Å². The van der Waals surface area contributed by atoms with Gasteiger partial charge in [-0.05, 0) is 44.0 Å². The summed E-state index contributed by atoms with van der Waals surface area (Å²) in [5.41, 5.74) is -5.40. The first kappa shape index (κ1) is 15.4. The van der Waals surface area contributed by atoms with Crippen molar-refractivity contribution in [3.8, 4) is 5.75 Å². The lowest BCUT2D eigenvalue weighted by molar-refractivity contribution is -0.0500. The second-order valence-corrected chi connectivity index (χ2v) is 6.16. The number of carbonyl (C=O) groups excluding carboxylic acids is 1. The van der Waals surface area contributed by atoms with E-state index >= 15 is 0 Å². The fraction of sp³-hybridized carbons (Fsp3) is 0.125. The van der Waals surface area contributed by atoms with E-state index in [4.69, 9.17) is 0 Å². The zero-order chi connectivity index (χ0) is 14.1. The summed E-state index contributed by atoms with van der Waals surface area (Å²) >= 11 is 5.62. The van der Waals surface area contributed by atoms with Gasteiger partial charge in [0.1, 0.15) is 6.29 Å². The van der Waals surface area contributed by atoms with Gasteiger partial charge in [-0.15, -0.1) is 0 Å². The molecule has 0 atom stereocenters. The maximum Gasteiger partial charge on any atom is 0.534 e. The predicted molar refractivity (Wildman–Crippen MR) is 62.8 cm³/mol. The average Bonchev–Trinajstić information content (AvgIpc) is 2.21. The van der Waals surface area contributed by atoms with Crippen LogP contribution in [0.15, 0.2) is 21.1 Å². The Kier molecular flexibility index (Phi) is 4.44. The summed E-state index contributed by atoms with van der Waals surface area (Å²) in [4.78, 5) is 10.5. The quantitative estimate of drug-likeness (QED) is 0.435. The minimum absolute atomic E-state index is 0.105. The molecule has 0 unspecified atom stereocenters. The molecule has 0 spiro atoms. The number of carbonyl (C=O) groups is 1. The van der Waals surface area contributed by atoms with Gasteiger partial charge in [0.2, 0.25) is 0 Å². The van der Waals surface area contributed by atoms with Crippen LogP contribution in [0.4, 0.5) is 13.2 Å². The molecule has 18 heavy (non-hydrogen) atoms. The Morgan fingerprint density at radius 1 is 1.17 bits per heavy atom. The van der Waals surface area contributed by atoms with Crippen molar-refractivity contribution >= 4 is 48.3 Å². The molecule has 0 radical (unpaired) electrons. The Balaban J connectivity index is 3.26. The standard InChI is InChI=1S/C8H3Br2F3O4S/c9-5-1-4(3-14)2-6(10)7(5)17-18(15,16)8(11,12)13/h1-3H. The molecule has 0 aromatic heterocycles. The van der Waals surface area contributed by atoms with Crippen molar-refractivity contribution in [1.29, 1.82) is 0 Å². The average molecular weight is 412 g/mol. The maximum absolute atomic E-state index is 12.1. The van der Waals surface area contributed by atoms with Crippen molar-refractivity contribution in [1.82, 2.24) is 0 Å². The second kappa shape index (κ2) is 5.17. The molecule has 1 aromatic rings. The van der Waals surface area contributed by atoms with Crippen LogP contribution in [-0.4, -0.2) is 20.2 Å². The van der Waals surface area contributed by atoms with Gasteiger partial charge in [0.15, 0.2) is 5.75 Å². The van der Waals surface area contributed by atoms with Gasteiger partial charge in [0.05, 0.1) is 8.95 Å². The fourth-order valence-electron chi connectivity index (χ4n) is 0.884. The van der Waals surface area contributed by atoms with Crippen molar-refractivity contribution in [2.75, 3.05) is 0 Å². The highest BCUT2D eigenvalue weighted by molar-refractivity contribution is 9.11. The van der Waals surface area contributed by atoms with E-state index in [1.165, 1.54) is 0 Å². The van der Waals surface area contributed by atoms with Gasteiger partial charge in [0.25, 0.3) is 0 Å². The minimum atomic E-state index is -5.76. The van der Waals surface area contributed by atoms with E-state index in [0.29, 0.717) is 6.29 Å². The third-order valence-electron chi connectivity index (χ3n) is 1.63. The Labute approximate surface area is 117 Å². The first-order valence-electron chi connectivity index (χ1n) is 4.03. The summed E-state index contributed by atoms with van der Waals surface area (Å²) in [5, 5.41) is 0. The van der Waals surface area contributed by atoms with E-state index in [1.54, 1.807) is 0 Å². The zero-order valence-electron chi connectivity index (χ0n) is 8.16. The van der Waals surface area contributed by atoms with Gasteiger partial charge in [-0.2, -0.15) is 21.6 Å². The summed E-state index contributed by atoms with van der Waals surface area (Å²) < 4.78 is 61.8. The number of alkyl halides is 3. The second-order valence-electron chi connectivity index (χ2n) is 2.91. The summed E-state index contributed by atoms with van der Waals surface area (Å²) in [6.45, 7) is 0. The Hall–Kier alpha value is -0.610. The SMILES string of the molecule is O=Cc1cc(Br)c(OS(=O)(=O)C(F)(F)F)c(Br)c1. The van der Waals surface area contributed by atoms with Crippen LogP contribution in [0.25, 0.3) is 0 Å². The van der Waals surface area contributed by atoms with E-state index in [1.807, 2.05) is 0 Å². The van der Waals surface area contributed by atoms with E-state index in [-0.39, 0.29) is 14.5 Å². The number of benzene rings is 1. The van der Waals surface area contributed by atoms with Crippen molar-refractivity contribution in [2.45, 2.75) is 5.51 Å². The van der Waals surface area contributed by atoms with E-state index < -0.39 is 21.4 Å². The molecule has 0 saturated carbocycles. The van der Waals surface area contributed by atoms with Crippen molar-refractivity contribution in [2.24, 2.45) is 0 Å². The molecule has 0 saturated heterocycles. The van der Waals surface area contributed by atoms with Crippen LogP contribution in [0.3, 0.4) is 0 Å². The van der Waals surface area contributed by atoms with Crippen LogP contribution >= 0.6 is 31.9 Å². The maximum atomic E-state index is 12.1. The predicted octanol–water partition coefficient (Wildman–Crippen LogP) is 3.25. The minimum Gasteiger partial charge on any atom is -0.374 e. The van der Waals surface area contributed by atoms with Crippen molar-refractivity contribution in [3.05, 3.63) is 26.6 Å². The molecule has 0 aliphatic heterocycles.